The second-order valence-electron chi connectivity index (χ2n) is 6.00. The summed E-state index contributed by atoms with van der Waals surface area (Å²) in [5.74, 6) is -1.77. The molecule has 1 heterocycles. The van der Waals surface area contributed by atoms with Crippen molar-refractivity contribution in [1.29, 1.82) is 0 Å². The number of anilines is 1. The molecule has 1 aromatic rings. The first-order valence-electron chi connectivity index (χ1n) is 6.84. The lowest BCUT2D eigenvalue weighted by Gasteiger charge is -2.36. The summed E-state index contributed by atoms with van der Waals surface area (Å²) < 4.78 is 39.1. The minimum Gasteiger partial charge on any atom is -0.399 e. The Labute approximate surface area is 121 Å². The summed E-state index contributed by atoms with van der Waals surface area (Å²) >= 11 is 0. The van der Waals surface area contributed by atoms with Crippen molar-refractivity contribution in [3.8, 4) is 0 Å². The molecule has 1 fully saturated rings. The Morgan fingerprint density at radius 2 is 2.10 bits per heavy atom. The van der Waals surface area contributed by atoms with Crippen LogP contribution in [0.4, 0.5) is 18.9 Å². The second-order valence-corrected chi connectivity index (χ2v) is 6.00. The summed E-state index contributed by atoms with van der Waals surface area (Å²) in [6, 6.07) is 6.85. The van der Waals surface area contributed by atoms with Crippen LogP contribution >= 0.6 is 0 Å². The minimum atomic E-state index is -4.28. The topological polar surface area (TPSA) is 46.3 Å². The van der Waals surface area contributed by atoms with E-state index < -0.39 is 17.6 Å². The molecule has 1 aliphatic rings. The highest BCUT2D eigenvalue weighted by Gasteiger charge is 2.55. The van der Waals surface area contributed by atoms with Gasteiger partial charge in [0.1, 0.15) is 0 Å². The van der Waals surface area contributed by atoms with Crippen molar-refractivity contribution in [1.82, 2.24) is 4.90 Å². The fourth-order valence-corrected chi connectivity index (χ4v) is 3.07. The van der Waals surface area contributed by atoms with Crippen LogP contribution in [0.15, 0.2) is 24.3 Å². The SMILES string of the molecule is CC1(C)C(C(F)(F)F)CCN1C(=O)Cc1cccc(N)c1. The van der Waals surface area contributed by atoms with Crippen LogP contribution in [-0.4, -0.2) is 29.1 Å². The largest absolute Gasteiger partial charge is 0.399 e. The normalized spacial score (nSPS) is 21.6. The number of carbonyl (C=O) groups excluding carboxylic acids is 1. The Morgan fingerprint density at radius 3 is 2.62 bits per heavy atom. The highest BCUT2D eigenvalue weighted by atomic mass is 19.4. The van der Waals surface area contributed by atoms with E-state index in [1.54, 1.807) is 24.3 Å². The number of nitrogens with zero attached hydrogens (tertiary/aromatic N) is 1. The molecule has 2 rings (SSSR count). The van der Waals surface area contributed by atoms with Crippen molar-refractivity contribution in [3.63, 3.8) is 0 Å². The van der Waals surface area contributed by atoms with Crippen molar-refractivity contribution >= 4 is 11.6 Å². The van der Waals surface area contributed by atoms with E-state index in [2.05, 4.69) is 0 Å². The van der Waals surface area contributed by atoms with Gasteiger partial charge in [-0.05, 0) is 38.0 Å². The molecule has 1 atom stereocenters. The van der Waals surface area contributed by atoms with E-state index in [1.807, 2.05) is 0 Å². The van der Waals surface area contributed by atoms with Gasteiger partial charge in [-0.15, -0.1) is 0 Å². The predicted molar refractivity (Wildman–Crippen MR) is 74.5 cm³/mol. The van der Waals surface area contributed by atoms with Crippen LogP contribution in [-0.2, 0) is 11.2 Å². The standard InChI is InChI=1S/C15H19F3N2O/c1-14(2)12(15(16,17)18)6-7-20(14)13(21)9-10-4-3-5-11(19)8-10/h3-5,8,12H,6-7,9,19H2,1-2H3. The van der Waals surface area contributed by atoms with Crippen molar-refractivity contribution in [2.75, 3.05) is 12.3 Å². The number of carbonyl (C=O) groups is 1. The highest BCUT2D eigenvalue weighted by molar-refractivity contribution is 5.80. The lowest BCUT2D eigenvalue weighted by atomic mass is 9.87. The van der Waals surface area contributed by atoms with Gasteiger partial charge >= 0.3 is 6.18 Å². The summed E-state index contributed by atoms with van der Waals surface area (Å²) in [4.78, 5) is 13.7. The monoisotopic (exact) mass is 300 g/mol. The fourth-order valence-electron chi connectivity index (χ4n) is 3.07. The van der Waals surface area contributed by atoms with Gasteiger partial charge in [-0.3, -0.25) is 4.79 Å². The van der Waals surface area contributed by atoms with E-state index in [0.717, 1.165) is 0 Å². The lowest BCUT2D eigenvalue weighted by molar-refractivity contribution is -0.192. The van der Waals surface area contributed by atoms with Gasteiger partial charge in [0.25, 0.3) is 0 Å². The summed E-state index contributed by atoms with van der Waals surface area (Å²) in [6.07, 6.45) is -4.26. The molecule has 0 spiro atoms. The Balaban J connectivity index is 2.14. The Bertz CT molecular complexity index is 540. The molecule has 0 aliphatic carbocycles. The third-order valence-corrected chi connectivity index (χ3v) is 4.19. The average Bonchev–Trinajstić information content (AvgIpc) is 2.64. The molecule has 1 saturated heterocycles. The number of nitrogens with two attached hydrogens (primary N) is 1. The number of benzene rings is 1. The molecule has 0 aromatic heterocycles. The molecule has 1 aliphatic heterocycles. The molecule has 0 bridgehead atoms. The van der Waals surface area contributed by atoms with Gasteiger partial charge < -0.3 is 10.6 Å². The van der Waals surface area contributed by atoms with Crippen LogP contribution < -0.4 is 5.73 Å². The van der Waals surface area contributed by atoms with E-state index in [0.29, 0.717) is 11.3 Å². The molecular formula is C15H19F3N2O. The molecule has 3 nitrogen and oxygen atoms in total. The maximum atomic E-state index is 13.0. The smallest absolute Gasteiger partial charge is 0.394 e. The van der Waals surface area contributed by atoms with Crippen molar-refractivity contribution in [2.24, 2.45) is 5.92 Å². The summed E-state index contributed by atoms with van der Waals surface area (Å²) in [7, 11) is 0. The minimum absolute atomic E-state index is 0.0425. The molecule has 116 valence electrons. The van der Waals surface area contributed by atoms with Gasteiger partial charge in [-0.25, -0.2) is 0 Å². The number of hydrogen-bond acceptors (Lipinski definition) is 2. The van der Waals surface area contributed by atoms with Gasteiger partial charge in [0.2, 0.25) is 5.91 Å². The maximum Gasteiger partial charge on any atom is 0.394 e. The van der Waals surface area contributed by atoms with Crippen molar-refractivity contribution in [2.45, 2.75) is 38.4 Å². The average molecular weight is 300 g/mol. The Hall–Kier alpha value is -1.72. The second kappa shape index (κ2) is 5.24. The fraction of sp³-hybridized carbons (Fsp3) is 0.533. The number of likely N-dealkylation sites (tertiary alicyclic amines) is 1. The van der Waals surface area contributed by atoms with E-state index in [9.17, 15) is 18.0 Å². The zero-order valence-electron chi connectivity index (χ0n) is 12.1. The van der Waals surface area contributed by atoms with Crippen LogP contribution in [0.3, 0.4) is 0 Å². The molecule has 1 aromatic carbocycles. The molecule has 0 saturated carbocycles. The zero-order valence-corrected chi connectivity index (χ0v) is 12.1. The van der Waals surface area contributed by atoms with E-state index in [1.165, 1.54) is 18.7 Å². The van der Waals surface area contributed by atoms with Crippen molar-refractivity contribution in [3.05, 3.63) is 29.8 Å². The Kier molecular flexibility index (Phi) is 3.91. The molecule has 2 N–H and O–H groups in total. The van der Waals surface area contributed by atoms with Gasteiger partial charge in [0, 0.05) is 17.8 Å². The van der Waals surface area contributed by atoms with Gasteiger partial charge in [-0.1, -0.05) is 12.1 Å². The summed E-state index contributed by atoms with van der Waals surface area (Å²) in [5.41, 5.74) is 5.68. The zero-order chi connectivity index (χ0) is 15.8. The van der Waals surface area contributed by atoms with Crippen LogP contribution in [0.25, 0.3) is 0 Å². The first-order valence-corrected chi connectivity index (χ1v) is 6.84. The van der Waals surface area contributed by atoms with Crippen molar-refractivity contribution < 1.29 is 18.0 Å². The Morgan fingerprint density at radius 1 is 1.43 bits per heavy atom. The molecular weight excluding hydrogens is 281 g/mol. The number of amides is 1. The number of halogens is 3. The quantitative estimate of drug-likeness (QED) is 0.853. The molecule has 6 heteroatoms. The molecule has 0 radical (unpaired) electrons. The number of rotatable bonds is 2. The lowest BCUT2D eigenvalue weighted by Crippen LogP contribution is -2.50. The van der Waals surface area contributed by atoms with Crippen LogP contribution in [0.1, 0.15) is 25.8 Å². The first-order chi connectivity index (χ1) is 9.62. The van der Waals surface area contributed by atoms with Gasteiger partial charge in [0.05, 0.1) is 12.3 Å². The van der Waals surface area contributed by atoms with Crippen LogP contribution in [0, 0.1) is 5.92 Å². The third kappa shape index (κ3) is 3.14. The molecule has 21 heavy (non-hydrogen) atoms. The number of alkyl halides is 3. The number of hydrogen-bond donors (Lipinski definition) is 1. The van der Waals surface area contributed by atoms with E-state index >= 15 is 0 Å². The van der Waals surface area contributed by atoms with E-state index in [4.69, 9.17) is 5.73 Å². The van der Waals surface area contributed by atoms with E-state index in [-0.39, 0.29) is 25.3 Å². The van der Waals surface area contributed by atoms with Crippen LogP contribution in [0.2, 0.25) is 0 Å². The first kappa shape index (κ1) is 15.7. The molecule has 1 amide bonds. The van der Waals surface area contributed by atoms with Gasteiger partial charge in [0.15, 0.2) is 0 Å². The third-order valence-electron chi connectivity index (χ3n) is 4.19. The number of nitrogen functional groups attached to an aromatic ring is 1. The highest BCUT2D eigenvalue weighted by Crippen LogP contribution is 2.44. The predicted octanol–water partition coefficient (Wildman–Crippen LogP) is 3.00. The summed E-state index contributed by atoms with van der Waals surface area (Å²) in [6.45, 7) is 3.10. The van der Waals surface area contributed by atoms with Crippen LogP contribution in [0.5, 0.6) is 0 Å². The maximum absolute atomic E-state index is 13.0. The van der Waals surface area contributed by atoms with Gasteiger partial charge in [-0.2, -0.15) is 13.2 Å². The molecule has 1 unspecified atom stereocenters. The summed E-state index contributed by atoms with van der Waals surface area (Å²) in [5, 5.41) is 0.